The van der Waals surface area contributed by atoms with E-state index >= 15 is 0 Å². The van der Waals surface area contributed by atoms with Crippen molar-refractivity contribution in [3.63, 3.8) is 0 Å². The minimum absolute atomic E-state index is 0.0718. The zero-order chi connectivity index (χ0) is 22.4. The highest BCUT2D eigenvalue weighted by Gasteiger charge is 2.59. The number of methoxy groups -OCH3 is 1. The van der Waals surface area contributed by atoms with Crippen molar-refractivity contribution < 1.29 is 19.1 Å². The summed E-state index contributed by atoms with van der Waals surface area (Å²) in [6, 6.07) is 0. The quantitative estimate of drug-likeness (QED) is 0.391. The molecule has 0 aromatic heterocycles. The Balaban J connectivity index is 1.48. The molecular formula is C27H42O4. The first-order valence-corrected chi connectivity index (χ1v) is 12.6. The van der Waals surface area contributed by atoms with Crippen LogP contribution in [0.15, 0.2) is 11.6 Å². The van der Waals surface area contributed by atoms with E-state index in [1.54, 1.807) is 5.57 Å². The van der Waals surface area contributed by atoms with E-state index in [-0.39, 0.29) is 23.5 Å². The van der Waals surface area contributed by atoms with Crippen LogP contribution in [-0.2, 0) is 19.1 Å². The van der Waals surface area contributed by atoms with E-state index in [0.29, 0.717) is 17.8 Å². The maximum atomic E-state index is 11.7. The number of hydrogen-bond acceptors (Lipinski definition) is 4. The topological polar surface area (TPSA) is 52.6 Å². The number of ether oxygens (including phenoxy) is 2. The average molecular weight is 431 g/mol. The molecule has 0 aromatic rings. The Morgan fingerprint density at radius 3 is 2.61 bits per heavy atom. The van der Waals surface area contributed by atoms with Crippen LogP contribution in [0.1, 0.15) is 91.9 Å². The van der Waals surface area contributed by atoms with Crippen LogP contribution < -0.4 is 0 Å². The van der Waals surface area contributed by atoms with E-state index in [9.17, 15) is 9.59 Å². The van der Waals surface area contributed by atoms with Gasteiger partial charge in [0.05, 0.1) is 7.11 Å². The summed E-state index contributed by atoms with van der Waals surface area (Å²) in [5.74, 6) is 3.45. The van der Waals surface area contributed by atoms with Gasteiger partial charge in [0.15, 0.2) is 0 Å². The van der Waals surface area contributed by atoms with Crippen molar-refractivity contribution in [2.75, 3.05) is 7.11 Å². The minimum Gasteiger partial charge on any atom is -0.469 e. The molecule has 0 spiro atoms. The van der Waals surface area contributed by atoms with Crippen LogP contribution in [0.4, 0.5) is 0 Å². The molecule has 3 saturated carbocycles. The summed E-state index contributed by atoms with van der Waals surface area (Å²) in [7, 11) is 1.49. The van der Waals surface area contributed by atoms with Gasteiger partial charge in [-0.2, -0.15) is 0 Å². The highest BCUT2D eigenvalue weighted by molar-refractivity contribution is 5.69. The van der Waals surface area contributed by atoms with E-state index in [4.69, 9.17) is 9.47 Å². The Bertz CT molecular complexity index is 742. The predicted octanol–water partition coefficient (Wildman–Crippen LogP) is 6.09. The molecule has 0 bridgehead atoms. The zero-order valence-corrected chi connectivity index (χ0v) is 20.2. The summed E-state index contributed by atoms with van der Waals surface area (Å²) in [6.07, 6.45) is 13.7. The van der Waals surface area contributed by atoms with E-state index in [1.165, 1.54) is 46.1 Å². The third kappa shape index (κ3) is 3.97. The molecule has 3 fully saturated rings. The normalized spacial score (nSPS) is 42.5. The summed E-state index contributed by atoms with van der Waals surface area (Å²) in [5, 5.41) is 0. The number of fused-ring (bicyclic) bond motifs is 5. The molecule has 0 N–H and O–H groups in total. The average Bonchev–Trinajstić information content (AvgIpc) is 3.09. The first-order valence-electron chi connectivity index (χ1n) is 12.6. The number of rotatable bonds is 5. The lowest BCUT2D eigenvalue weighted by Gasteiger charge is -2.58. The monoisotopic (exact) mass is 430 g/mol. The maximum absolute atomic E-state index is 11.7. The van der Waals surface area contributed by atoms with Crippen LogP contribution in [0.5, 0.6) is 0 Å². The summed E-state index contributed by atoms with van der Waals surface area (Å²) in [4.78, 5) is 23.1. The van der Waals surface area contributed by atoms with Gasteiger partial charge in [0.1, 0.15) is 6.10 Å². The summed E-state index contributed by atoms with van der Waals surface area (Å²) in [6.45, 7) is 8.97. The standard InChI is InChI=1S/C27H42O4/c1-17(6-11-25(29)30-5)22-9-10-23-21-8-7-19-16-20(31-18(2)28)12-14-26(19,3)24(21)13-15-27(22,23)4/h7,17,20-24H,6,8-16H2,1-5H3/t17-,20+,21+,22-,23-,24-,26+,27-/m1/s1. The Morgan fingerprint density at radius 1 is 1.13 bits per heavy atom. The second-order valence-electron chi connectivity index (χ2n) is 11.6. The second kappa shape index (κ2) is 8.56. The zero-order valence-electron chi connectivity index (χ0n) is 20.2. The molecule has 4 rings (SSSR count). The van der Waals surface area contributed by atoms with Crippen LogP contribution in [0.3, 0.4) is 0 Å². The molecule has 0 radical (unpaired) electrons. The Hall–Kier alpha value is -1.32. The molecular weight excluding hydrogens is 388 g/mol. The lowest BCUT2D eigenvalue weighted by molar-refractivity contribution is -0.148. The SMILES string of the molecule is COC(=O)CC[C@@H](C)[C@H]1CC[C@@H]2[C@@H]3CC=C4C[C@@H](OC(C)=O)CC[C@]4(C)[C@@H]3CC[C@@]21C. The third-order valence-electron chi connectivity index (χ3n) is 10.2. The largest absolute Gasteiger partial charge is 0.469 e. The van der Waals surface area contributed by atoms with Gasteiger partial charge in [-0.3, -0.25) is 9.59 Å². The van der Waals surface area contributed by atoms with Gasteiger partial charge in [-0.25, -0.2) is 0 Å². The molecule has 8 atom stereocenters. The molecule has 4 aliphatic carbocycles. The van der Waals surface area contributed by atoms with Crippen molar-refractivity contribution in [3.8, 4) is 0 Å². The van der Waals surface area contributed by atoms with Gasteiger partial charge < -0.3 is 9.47 Å². The Kier molecular flexibility index (Phi) is 6.31. The smallest absolute Gasteiger partial charge is 0.305 e. The fourth-order valence-electron chi connectivity index (χ4n) is 8.59. The van der Waals surface area contributed by atoms with Gasteiger partial charge in [-0.05, 0) is 91.8 Å². The molecule has 174 valence electrons. The van der Waals surface area contributed by atoms with Crippen LogP contribution >= 0.6 is 0 Å². The van der Waals surface area contributed by atoms with Crippen molar-refractivity contribution in [2.45, 2.75) is 98.0 Å². The predicted molar refractivity (Wildman–Crippen MR) is 121 cm³/mol. The molecule has 31 heavy (non-hydrogen) atoms. The number of allylic oxidation sites excluding steroid dienone is 1. The lowest BCUT2D eigenvalue weighted by Crippen LogP contribution is -2.51. The molecule has 0 heterocycles. The fraction of sp³-hybridized carbons (Fsp3) is 0.852. The molecule has 0 aromatic carbocycles. The summed E-state index contributed by atoms with van der Waals surface area (Å²) >= 11 is 0. The van der Waals surface area contributed by atoms with Crippen molar-refractivity contribution in [1.29, 1.82) is 0 Å². The number of esters is 2. The maximum Gasteiger partial charge on any atom is 0.305 e. The van der Waals surface area contributed by atoms with Crippen molar-refractivity contribution in [2.24, 2.45) is 40.4 Å². The van der Waals surface area contributed by atoms with E-state index < -0.39 is 0 Å². The first-order chi connectivity index (χ1) is 14.7. The highest BCUT2D eigenvalue weighted by Crippen LogP contribution is 2.67. The Morgan fingerprint density at radius 2 is 1.90 bits per heavy atom. The first kappa shape index (κ1) is 22.9. The van der Waals surface area contributed by atoms with Crippen molar-refractivity contribution >= 4 is 11.9 Å². The van der Waals surface area contributed by atoms with Crippen LogP contribution in [-0.4, -0.2) is 25.2 Å². The number of carbonyl (C=O) groups is 2. The molecule has 0 saturated heterocycles. The van der Waals surface area contributed by atoms with Crippen molar-refractivity contribution in [3.05, 3.63) is 11.6 Å². The fourth-order valence-corrected chi connectivity index (χ4v) is 8.59. The van der Waals surface area contributed by atoms with Crippen LogP contribution in [0, 0.1) is 40.4 Å². The van der Waals surface area contributed by atoms with Gasteiger partial charge in [0, 0.05) is 19.8 Å². The molecule has 4 heteroatoms. The van der Waals surface area contributed by atoms with Crippen LogP contribution in [0.25, 0.3) is 0 Å². The highest BCUT2D eigenvalue weighted by atomic mass is 16.5. The molecule has 0 amide bonds. The van der Waals surface area contributed by atoms with E-state index in [2.05, 4.69) is 26.8 Å². The summed E-state index contributed by atoms with van der Waals surface area (Å²) in [5.41, 5.74) is 2.26. The summed E-state index contributed by atoms with van der Waals surface area (Å²) < 4.78 is 10.5. The van der Waals surface area contributed by atoms with E-state index in [0.717, 1.165) is 49.4 Å². The molecule has 0 unspecified atom stereocenters. The van der Waals surface area contributed by atoms with Gasteiger partial charge in [0.25, 0.3) is 0 Å². The Labute approximate surface area is 188 Å². The number of carbonyl (C=O) groups excluding carboxylic acids is 2. The van der Waals surface area contributed by atoms with Gasteiger partial charge in [-0.15, -0.1) is 0 Å². The van der Waals surface area contributed by atoms with Gasteiger partial charge >= 0.3 is 11.9 Å². The van der Waals surface area contributed by atoms with Crippen molar-refractivity contribution in [1.82, 2.24) is 0 Å². The number of hydrogen-bond donors (Lipinski definition) is 0. The third-order valence-corrected chi connectivity index (χ3v) is 10.2. The van der Waals surface area contributed by atoms with Gasteiger partial charge in [0.2, 0.25) is 0 Å². The lowest BCUT2D eigenvalue weighted by atomic mass is 9.47. The molecule has 4 nitrogen and oxygen atoms in total. The van der Waals surface area contributed by atoms with Crippen LogP contribution in [0.2, 0.25) is 0 Å². The van der Waals surface area contributed by atoms with E-state index in [1.807, 2.05) is 0 Å². The second-order valence-corrected chi connectivity index (χ2v) is 11.6. The van der Waals surface area contributed by atoms with Gasteiger partial charge in [-0.1, -0.05) is 32.4 Å². The minimum atomic E-state index is -0.144. The molecule has 4 aliphatic rings. The molecule has 0 aliphatic heterocycles.